The van der Waals surface area contributed by atoms with E-state index < -0.39 is 14.5 Å². The summed E-state index contributed by atoms with van der Waals surface area (Å²) in [5, 5.41) is 8.75. The number of rotatable bonds is 10. The second kappa shape index (κ2) is 15.7. The SMILES string of the molecule is Br.Br.c1ccc([P+](CCC[P+](c2ccccc2)(c2ccccc2)c2ccccc2)(c2ccccc2)c2ccccc2)cc1. The molecule has 0 amide bonds. The summed E-state index contributed by atoms with van der Waals surface area (Å²) in [4.78, 5) is 0. The van der Waals surface area contributed by atoms with Gasteiger partial charge in [0.1, 0.15) is 46.4 Å². The molecule has 0 saturated carbocycles. The number of halogens is 2. The highest BCUT2D eigenvalue weighted by molar-refractivity contribution is 8.93. The molecule has 0 nitrogen and oxygen atoms in total. The van der Waals surface area contributed by atoms with Crippen molar-refractivity contribution in [3.8, 4) is 0 Å². The van der Waals surface area contributed by atoms with Gasteiger partial charge < -0.3 is 0 Å². The van der Waals surface area contributed by atoms with Crippen LogP contribution in [0, 0.1) is 0 Å². The maximum Gasteiger partial charge on any atom is 0.112 e. The molecule has 0 aromatic heterocycles. The van der Waals surface area contributed by atoms with Gasteiger partial charge in [-0.15, -0.1) is 34.0 Å². The van der Waals surface area contributed by atoms with Crippen LogP contribution in [0.3, 0.4) is 0 Å². The van der Waals surface area contributed by atoms with E-state index in [0.717, 1.165) is 18.7 Å². The van der Waals surface area contributed by atoms with E-state index in [9.17, 15) is 0 Å². The van der Waals surface area contributed by atoms with E-state index in [1.54, 1.807) is 0 Å². The molecule has 43 heavy (non-hydrogen) atoms. The van der Waals surface area contributed by atoms with Crippen molar-refractivity contribution in [2.75, 3.05) is 12.3 Å². The van der Waals surface area contributed by atoms with Gasteiger partial charge in [0.15, 0.2) is 0 Å². The van der Waals surface area contributed by atoms with Crippen LogP contribution in [0.25, 0.3) is 0 Å². The largest absolute Gasteiger partial charge is 0.114 e. The second-order valence-electron chi connectivity index (χ2n) is 10.4. The van der Waals surface area contributed by atoms with E-state index in [1.807, 2.05) is 0 Å². The zero-order chi connectivity index (χ0) is 27.8. The fourth-order valence-electron chi connectivity index (χ4n) is 6.31. The van der Waals surface area contributed by atoms with Crippen molar-refractivity contribution in [1.82, 2.24) is 0 Å². The summed E-state index contributed by atoms with van der Waals surface area (Å²) in [5.41, 5.74) is 0. The Balaban J connectivity index is 0.00000212. The molecule has 0 spiro atoms. The summed E-state index contributed by atoms with van der Waals surface area (Å²) in [6.45, 7) is 0. The predicted molar refractivity (Wildman–Crippen MR) is 205 cm³/mol. The Labute approximate surface area is 279 Å². The van der Waals surface area contributed by atoms with Crippen molar-refractivity contribution in [1.29, 1.82) is 0 Å². The molecular formula is C39H38Br2P2+2. The molecule has 0 atom stereocenters. The lowest BCUT2D eigenvalue weighted by atomic mass is 10.3. The van der Waals surface area contributed by atoms with Crippen LogP contribution in [0.15, 0.2) is 182 Å². The Bertz CT molecular complexity index is 1310. The molecule has 0 radical (unpaired) electrons. The minimum Gasteiger partial charge on any atom is -0.114 e. The number of hydrogen-bond acceptors (Lipinski definition) is 0. The zero-order valence-corrected chi connectivity index (χ0v) is 29.4. The van der Waals surface area contributed by atoms with E-state index in [1.165, 1.54) is 31.8 Å². The third kappa shape index (κ3) is 6.79. The molecule has 0 aliphatic rings. The van der Waals surface area contributed by atoms with Gasteiger partial charge in [0.05, 0.1) is 12.3 Å². The van der Waals surface area contributed by atoms with E-state index in [-0.39, 0.29) is 34.0 Å². The molecule has 0 fully saturated rings. The van der Waals surface area contributed by atoms with Crippen molar-refractivity contribution in [3.05, 3.63) is 182 Å². The van der Waals surface area contributed by atoms with Crippen LogP contribution in [-0.4, -0.2) is 12.3 Å². The first kappa shape index (κ1) is 33.0. The van der Waals surface area contributed by atoms with Crippen molar-refractivity contribution < 1.29 is 0 Å². The summed E-state index contributed by atoms with van der Waals surface area (Å²) < 4.78 is 0. The van der Waals surface area contributed by atoms with Gasteiger partial charge in [-0.05, 0) is 72.8 Å². The summed E-state index contributed by atoms with van der Waals surface area (Å²) >= 11 is 0. The minimum absolute atomic E-state index is 0. The Morgan fingerprint density at radius 3 is 0.581 bits per heavy atom. The van der Waals surface area contributed by atoms with Gasteiger partial charge in [-0.1, -0.05) is 109 Å². The number of benzene rings is 6. The number of hydrogen-bond donors (Lipinski definition) is 0. The molecule has 6 aromatic carbocycles. The summed E-state index contributed by atoms with van der Waals surface area (Å²) in [7, 11) is -3.79. The smallest absolute Gasteiger partial charge is 0.112 e. The lowest BCUT2D eigenvalue weighted by Crippen LogP contribution is -2.36. The van der Waals surface area contributed by atoms with Crippen LogP contribution in [0.2, 0.25) is 0 Å². The normalized spacial score (nSPS) is 11.2. The minimum atomic E-state index is -1.90. The van der Waals surface area contributed by atoms with Crippen LogP contribution >= 0.6 is 48.5 Å². The first-order valence-corrected chi connectivity index (χ1v) is 18.4. The average Bonchev–Trinajstić information content (AvgIpc) is 3.08. The Hall–Kier alpha value is -2.86. The van der Waals surface area contributed by atoms with Gasteiger partial charge in [-0.25, -0.2) is 0 Å². The predicted octanol–water partition coefficient (Wildman–Crippen LogP) is 8.52. The molecule has 0 N–H and O–H groups in total. The van der Waals surface area contributed by atoms with Crippen LogP contribution in [0.5, 0.6) is 0 Å². The third-order valence-electron chi connectivity index (χ3n) is 8.17. The Kier molecular flexibility index (Phi) is 12.1. The van der Waals surface area contributed by atoms with E-state index in [2.05, 4.69) is 182 Å². The van der Waals surface area contributed by atoms with Gasteiger partial charge in [0, 0.05) is 6.42 Å². The third-order valence-corrected chi connectivity index (χ3v) is 17.2. The van der Waals surface area contributed by atoms with Crippen LogP contribution in [0.4, 0.5) is 0 Å². The van der Waals surface area contributed by atoms with Crippen molar-refractivity contribution in [3.63, 3.8) is 0 Å². The van der Waals surface area contributed by atoms with Crippen molar-refractivity contribution in [2.24, 2.45) is 0 Å². The highest BCUT2D eigenvalue weighted by Gasteiger charge is 2.49. The zero-order valence-electron chi connectivity index (χ0n) is 24.2. The van der Waals surface area contributed by atoms with E-state index >= 15 is 0 Å². The monoisotopic (exact) mass is 726 g/mol. The first-order chi connectivity index (χ1) is 20.3. The Morgan fingerprint density at radius 2 is 0.419 bits per heavy atom. The first-order valence-electron chi connectivity index (χ1n) is 14.4. The van der Waals surface area contributed by atoms with Gasteiger partial charge in [0.25, 0.3) is 0 Å². The lowest BCUT2D eigenvalue weighted by Gasteiger charge is -2.30. The molecule has 6 aromatic rings. The molecule has 0 bridgehead atoms. The molecule has 4 heteroatoms. The summed E-state index contributed by atoms with van der Waals surface area (Å²) in [6, 6.07) is 67.8. The highest BCUT2D eigenvalue weighted by atomic mass is 79.9. The van der Waals surface area contributed by atoms with Crippen LogP contribution in [0.1, 0.15) is 6.42 Å². The van der Waals surface area contributed by atoms with E-state index in [0.29, 0.717) is 0 Å². The molecule has 0 unspecified atom stereocenters. The molecule has 216 valence electrons. The molecule has 0 saturated heterocycles. The molecule has 0 aliphatic heterocycles. The summed E-state index contributed by atoms with van der Waals surface area (Å²) in [5.74, 6) is 0. The fraction of sp³-hybridized carbons (Fsp3) is 0.0769. The quantitative estimate of drug-likeness (QED) is 0.124. The second-order valence-corrected chi connectivity index (χ2v) is 17.7. The average molecular weight is 728 g/mol. The lowest BCUT2D eigenvalue weighted by molar-refractivity contribution is 1.10. The molecule has 0 aliphatic carbocycles. The Morgan fingerprint density at radius 1 is 0.256 bits per heavy atom. The maximum absolute atomic E-state index is 2.36. The topological polar surface area (TPSA) is 0 Å². The molecular weight excluding hydrogens is 690 g/mol. The van der Waals surface area contributed by atoms with E-state index in [4.69, 9.17) is 0 Å². The van der Waals surface area contributed by atoms with Crippen molar-refractivity contribution in [2.45, 2.75) is 6.42 Å². The van der Waals surface area contributed by atoms with Gasteiger partial charge in [0.2, 0.25) is 0 Å². The van der Waals surface area contributed by atoms with Gasteiger partial charge in [-0.2, -0.15) is 0 Å². The summed E-state index contributed by atoms with van der Waals surface area (Å²) in [6.07, 6.45) is 3.37. The van der Waals surface area contributed by atoms with Gasteiger partial charge >= 0.3 is 0 Å². The van der Waals surface area contributed by atoms with Crippen molar-refractivity contribution >= 4 is 80.3 Å². The van der Waals surface area contributed by atoms with Crippen LogP contribution < -0.4 is 31.8 Å². The van der Waals surface area contributed by atoms with Gasteiger partial charge in [-0.3, -0.25) is 0 Å². The van der Waals surface area contributed by atoms with Crippen LogP contribution in [-0.2, 0) is 0 Å². The molecule has 6 rings (SSSR count). The standard InChI is InChI=1S/C39H36P2.2BrH/c1-7-20-34(21-8-1)40(35-22-9-2-10-23-35,36-24-11-3-12-25-36)32-19-33-41(37-26-13-4-14-27-37,38-28-15-5-16-29-38)39-30-17-6-18-31-39;;/h1-18,20-31H,19,32-33H2;2*1H/q+2;;. The highest BCUT2D eigenvalue weighted by Crippen LogP contribution is 2.60. The fourth-order valence-corrected chi connectivity index (χ4v) is 15.2. The molecule has 0 heterocycles. The maximum atomic E-state index is 2.36.